The van der Waals surface area contributed by atoms with Crippen LogP contribution in [0.2, 0.25) is 0 Å². The lowest BCUT2D eigenvalue weighted by Gasteiger charge is -2.41. The van der Waals surface area contributed by atoms with Crippen molar-refractivity contribution in [1.82, 2.24) is 0 Å². The van der Waals surface area contributed by atoms with Crippen LogP contribution in [-0.4, -0.2) is 6.04 Å². The maximum absolute atomic E-state index is 13.3. The topological polar surface area (TPSA) is 26.0 Å². The summed E-state index contributed by atoms with van der Waals surface area (Å²) in [6.45, 7) is 0. The Morgan fingerprint density at radius 2 is 1.62 bits per heavy atom. The molecule has 1 aromatic rings. The molecule has 0 bridgehead atoms. The second-order valence-electron chi connectivity index (χ2n) is 7.02. The second kappa shape index (κ2) is 6.43. The largest absolute Gasteiger partial charge is 0.327 e. The standard InChI is InChI=1S/C18H25F2N/c19-16-7-12(8-17(20)11-16)9-18(21)15-6-5-13-3-1-2-4-14(13)10-15/h7-8,11,13-15,18H,1-6,9-10,21H2. The van der Waals surface area contributed by atoms with Crippen molar-refractivity contribution < 1.29 is 8.78 Å². The average Bonchev–Trinajstić information content (AvgIpc) is 2.45. The number of rotatable bonds is 3. The summed E-state index contributed by atoms with van der Waals surface area (Å²) in [6, 6.07) is 3.76. The van der Waals surface area contributed by atoms with E-state index in [1.165, 1.54) is 57.1 Å². The number of hydrogen-bond acceptors (Lipinski definition) is 1. The zero-order chi connectivity index (χ0) is 14.8. The predicted molar refractivity (Wildman–Crippen MR) is 80.8 cm³/mol. The zero-order valence-electron chi connectivity index (χ0n) is 12.5. The van der Waals surface area contributed by atoms with Crippen molar-refractivity contribution >= 4 is 0 Å². The Bertz CT molecular complexity index is 468. The Labute approximate surface area is 125 Å². The van der Waals surface area contributed by atoms with Crippen molar-refractivity contribution in [2.45, 2.75) is 57.4 Å². The zero-order valence-corrected chi connectivity index (χ0v) is 12.5. The van der Waals surface area contributed by atoms with Gasteiger partial charge in [-0.05, 0) is 61.1 Å². The Kier molecular flexibility index (Phi) is 4.58. The van der Waals surface area contributed by atoms with Crippen molar-refractivity contribution in [3.8, 4) is 0 Å². The van der Waals surface area contributed by atoms with Gasteiger partial charge < -0.3 is 5.73 Å². The highest BCUT2D eigenvalue weighted by Crippen LogP contribution is 2.43. The van der Waals surface area contributed by atoms with E-state index >= 15 is 0 Å². The minimum Gasteiger partial charge on any atom is -0.327 e. The molecule has 116 valence electrons. The summed E-state index contributed by atoms with van der Waals surface area (Å²) in [7, 11) is 0. The van der Waals surface area contributed by atoms with Crippen LogP contribution in [-0.2, 0) is 6.42 Å². The third-order valence-corrected chi connectivity index (χ3v) is 5.58. The van der Waals surface area contributed by atoms with E-state index in [4.69, 9.17) is 5.73 Å². The van der Waals surface area contributed by atoms with Crippen molar-refractivity contribution in [2.24, 2.45) is 23.5 Å². The monoisotopic (exact) mass is 293 g/mol. The molecule has 2 aliphatic carbocycles. The molecule has 2 saturated carbocycles. The minimum atomic E-state index is -0.506. The molecule has 0 spiro atoms. The summed E-state index contributed by atoms with van der Waals surface area (Å²) in [5.74, 6) is 1.25. The third kappa shape index (κ3) is 3.63. The fourth-order valence-electron chi connectivity index (χ4n) is 4.47. The lowest BCUT2D eigenvalue weighted by molar-refractivity contribution is 0.117. The second-order valence-corrected chi connectivity index (χ2v) is 7.02. The molecule has 3 heteroatoms. The molecule has 2 aliphatic rings. The van der Waals surface area contributed by atoms with Crippen molar-refractivity contribution in [2.75, 3.05) is 0 Å². The van der Waals surface area contributed by atoms with Crippen LogP contribution >= 0.6 is 0 Å². The number of hydrogen-bond donors (Lipinski definition) is 1. The highest BCUT2D eigenvalue weighted by atomic mass is 19.1. The lowest BCUT2D eigenvalue weighted by atomic mass is 9.66. The molecule has 4 unspecified atom stereocenters. The Balaban J connectivity index is 1.61. The van der Waals surface area contributed by atoms with Gasteiger partial charge in [0.05, 0.1) is 0 Å². The van der Waals surface area contributed by atoms with E-state index in [9.17, 15) is 8.78 Å². The van der Waals surface area contributed by atoms with Crippen LogP contribution in [0.4, 0.5) is 8.78 Å². The molecule has 21 heavy (non-hydrogen) atoms. The fraction of sp³-hybridized carbons (Fsp3) is 0.667. The van der Waals surface area contributed by atoms with Crippen LogP contribution < -0.4 is 5.73 Å². The van der Waals surface area contributed by atoms with Gasteiger partial charge in [0.2, 0.25) is 0 Å². The smallest absolute Gasteiger partial charge is 0.126 e. The van der Waals surface area contributed by atoms with E-state index in [0.29, 0.717) is 17.9 Å². The Morgan fingerprint density at radius 1 is 0.952 bits per heavy atom. The number of fused-ring (bicyclic) bond motifs is 1. The average molecular weight is 293 g/mol. The molecule has 1 aromatic carbocycles. The van der Waals surface area contributed by atoms with Crippen molar-refractivity contribution in [3.63, 3.8) is 0 Å². The SMILES string of the molecule is NC(Cc1cc(F)cc(F)c1)C1CCC2CCCCC2C1. The van der Waals surface area contributed by atoms with Gasteiger partial charge in [-0.15, -0.1) is 0 Å². The highest BCUT2D eigenvalue weighted by Gasteiger charge is 2.34. The number of nitrogens with two attached hydrogens (primary N) is 1. The van der Waals surface area contributed by atoms with Gasteiger partial charge in [-0.1, -0.05) is 25.7 Å². The van der Waals surface area contributed by atoms with E-state index in [1.54, 1.807) is 0 Å². The first-order valence-electron chi connectivity index (χ1n) is 8.32. The van der Waals surface area contributed by atoms with E-state index in [2.05, 4.69) is 0 Å². The Morgan fingerprint density at radius 3 is 2.33 bits per heavy atom. The molecule has 3 rings (SSSR count). The van der Waals surface area contributed by atoms with Crippen LogP contribution in [0.1, 0.15) is 50.5 Å². The molecule has 2 N–H and O–H groups in total. The van der Waals surface area contributed by atoms with Crippen LogP contribution in [0, 0.1) is 29.4 Å². The molecular weight excluding hydrogens is 268 g/mol. The fourth-order valence-corrected chi connectivity index (χ4v) is 4.47. The first kappa shape index (κ1) is 15.0. The summed E-state index contributed by atoms with van der Waals surface area (Å²) in [6.07, 6.45) is 9.75. The van der Waals surface area contributed by atoms with Gasteiger partial charge >= 0.3 is 0 Å². The quantitative estimate of drug-likeness (QED) is 0.876. The van der Waals surface area contributed by atoms with Gasteiger partial charge in [0, 0.05) is 12.1 Å². The van der Waals surface area contributed by atoms with Gasteiger partial charge in [0.15, 0.2) is 0 Å². The maximum atomic E-state index is 13.3. The molecular formula is C18H25F2N. The van der Waals surface area contributed by atoms with Crippen LogP contribution in [0.5, 0.6) is 0 Å². The molecule has 4 atom stereocenters. The van der Waals surface area contributed by atoms with Crippen molar-refractivity contribution in [3.05, 3.63) is 35.4 Å². The minimum absolute atomic E-state index is 0.0223. The Hall–Kier alpha value is -0.960. The molecule has 1 nitrogen and oxygen atoms in total. The third-order valence-electron chi connectivity index (χ3n) is 5.58. The molecule has 0 amide bonds. The molecule has 0 aliphatic heterocycles. The van der Waals surface area contributed by atoms with Gasteiger partial charge in [0.25, 0.3) is 0 Å². The van der Waals surface area contributed by atoms with Crippen LogP contribution in [0.15, 0.2) is 18.2 Å². The van der Waals surface area contributed by atoms with Gasteiger partial charge in [-0.3, -0.25) is 0 Å². The summed E-state index contributed by atoms with van der Waals surface area (Å²) in [4.78, 5) is 0. The number of halogens is 2. The lowest BCUT2D eigenvalue weighted by Crippen LogP contribution is -2.38. The summed E-state index contributed by atoms with van der Waals surface area (Å²) in [5.41, 5.74) is 7.04. The first-order valence-corrected chi connectivity index (χ1v) is 8.32. The summed E-state index contributed by atoms with van der Waals surface area (Å²) >= 11 is 0. The van der Waals surface area contributed by atoms with E-state index in [0.717, 1.165) is 17.9 Å². The van der Waals surface area contributed by atoms with Gasteiger partial charge in [-0.2, -0.15) is 0 Å². The molecule has 2 fully saturated rings. The van der Waals surface area contributed by atoms with Gasteiger partial charge in [-0.25, -0.2) is 8.78 Å². The van der Waals surface area contributed by atoms with Crippen molar-refractivity contribution in [1.29, 1.82) is 0 Å². The highest BCUT2D eigenvalue weighted by molar-refractivity contribution is 5.19. The van der Waals surface area contributed by atoms with Gasteiger partial charge in [0.1, 0.15) is 11.6 Å². The van der Waals surface area contributed by atoms with E-state index in [-0.39, 0.29) is 6.04 Å². The summed E-state index contributed by atoms with van der Waals surface area (Å²) < 4.78 is 26.5. The maximum Gasteiger partial charge on any atom is 0.126 e. The molecule has 0 saturated heterocycles. The predicted octanol–water partition coefficient (Wildman–Crippen LogP) is 4.44. The first-order chi connectivity index (χ1) is 10.1. The molecule has 0 radical (unpaired) electrons. The van der Waals surface area contributed by atoms with Crippen LogP contribution in [0.3, 0.4) is 0 Å². The number of benzene rings is 1. The van der Waals surface area contributed by atoms with Crippen LogP contribution in [0.25, 0.3) is 0 Å². The molecule has 0 aromatic heterocycles. The van der Waals surface area contributed by atoms with E-state index in [1.807, 2.05) is 0 Å². The summed E-state index contributed by atoms with van der Waals surface area (Å²) in [5, 5.41) is 0. The normalized spacial score (nSPS) is 30.7. The molecule has 0 heterocycles. The van der Waals surface area contributed by atoms with E-state index < -0.39 is 11.6 Å².